The van der Waals surface area contributed by atoms with Crippen LogP contribution in [0.1, 0.15) is 12.8 Å². The topological polar surface area (TPSA) is 59.1 Å². The predicted octanol–water partition coefficient (Wildman–Crippen LogP) is 1.07. The quantitative estimate of drug-likeness (QED) is 0.261. The van der Waals surface area contributed by atoms with Crippen molar-refractivity contribution in [2.45, 2.75) is 12.8 Å². The van der Waals surface area contributed by atoms with Crippen LogP contribution in [0.5, 0.6) is 0 Å². The Bertz CT molecular complexity index is 150. The first kappa shape index (κ1) is 7.28. The standard InChI is InChI=1S/C7H12N2O/c1-2-5-3-6(4-5)7(8)10-9/h2,5-6,8H,1,3-4,9H2. The summed E-state index contributed by atoms with van der Waals surface area (Å²) >= 11 is 0. The van der Waals surface area contributed by atoms with Gasteiger partial charge >= 0.3 is 0 Å². The first-order valence-electron chi connectivity index (χ1n) is 3.35. The maximum atomic E-state index is 7.18. The van der Waals surface area contributed by atoms with E-state index in [0.29, 0.717) is 5.92 Å². The SMILES string of the molecule is C=CC1CC(C(=N)ON)C1. The average Bonchev–Trinajstić information content (AvgIpc) is 1.85. The van der Waals surface area contributed by atoms with E-state index >= 15 is 0 Å². The van der Waals surface area contributed by atoms with Crippen molar-refractivity contribution < 1.29 is 4.84 Å². The molecule has 0 aliphatic heterocycles. The van der Waals surface area contributed by atoms with E-state index in [2.05, 4.69) is 11.4 Å². The second-order valence-corrected chi connectivity index (χ2v) is 2.65. The third-order valence-corrected chi connectivity index (χ3v) is 2.01. The Labute approximate surface area is 60.3 Å². The van der Waals surface area contributed by atoms with E-state index < -0.39 is 0 Å². The van der Waals surface area contributed by atoms with Crippen LogP contribution in [0, 0.1) is 17.2 Å². The first-order valence-corrected chi connectivity index (χ1v) is 3.35. The van der Waals surface area contributed by atoms with Crippen LogP contribution in [0.2, 0.25) is 0 Å². The molecule has 1 rings (SSSR count). The highest BCUT2D eigenvalue weighted by atomic mass is 16.6. The number of nitrogens with two attached hydrogens (primary N) is 1. The van der Waals surface area contributed by atoms with E-state index in [4.69, 9.17) is 11.3 Å². The van der Waals surface area contributed by atoms with Crippen LogP contribution < -0.4 is 5.90 Å². The van der Waals surface area contributed by atoms with Crippen molar-refractivity contribution in [2.75, 3.05) is 0 Å². The minimum Gasteiger partial charge on any atom is -0.396 e. The van der Waals surface area contributed by atoms with E-state index in [-0.39, 0.29) is 11.8 Å². The second kappa shape index (κ2) is 2.84. The van der Waals surface area contributed by atoms with E-state index in [0.717, 1.165) is 12.8 Å². The van der Waals surface area contributed by atoms with Crippen molar-refractivity contribution in [3.05, 3.63) is 12.7 Å². The molecule has 56 valence electrons. The molecular formula is C7H12N2O. The molecule has 1 aliphatic carbocycles. The fraction of sp³-hybridized carbons (Fsp3) is 0.571. The molecule has 10 heavy (non-hydrogen) atoms. The van der Waals surface area contributed by atoms with Crippen LogP contribution in [-0.4, -0.2) is 5.90 Å². The van der Waals surface area contributed by atoms with Crippen LogP contribution in [0.25, 0.3) is 0 Å². The summed E-state index contributed by atoms with van der Waals surface area (Å²) in [6.07, 6.45) is 3.86. The fourth-order valence-corrected chi connectivity index (χ4v) is 1.16. The maximum absolute atomic E-state index is 7.18. The largest absolute Gasteiger partial charge is 0.396 e. The molecule has 0 unspecified atom stereocenters. The lowest BCUT2D eigenvalue weighted by atomic mass is 9.75. The molecule has 1 aliphatic rings. The molecule has 0 saturated heterocycles. The van der Waals surface area contributed by atoms with Crippen LogP contribution in [-0.2, 0) is 4.84 Å². The van der Waals surface area contributed by atoms with Crippen molar-refractivity contribution in [3.8, 4) is 0 Å². The molecule has 3 nitrogen and oxygen atoms in total. The molecule has 0 amide bonds. The minimum absolute atomic E-state index is 0.207. The van der Waals surface area contributed by atoms with E-state index in [1.54, 1.807) is 0 Å². The Kier molecular flexibility index (Phi) is 2.06. The lowest BCUT2D eigenvalue weighted by Crippen LogP contribution is -2.31. The molecular weight excluding hydrogens is 128 g/mol. The van der Waals surface area contributed by atoms with Gasteiger partial charge in [0.1, 0.15) is 0 Å². The second-order valence-electron chi connectivity index (χ2n) is 2.65. The van der Waals surface area contributed by atoms with Gasteiger partial charge in [-0.1, -0.05) is 6.08 Å². The molecule has 0 radical (unpaired) electrons. The Morgan fingerprint density at radius 2 is 2.30 bits per heavy atom. The van der Waals surface area contributed by atoms with Gasteiger partial charge in [-0.3, -0.25) is 5.41 Å². The van der Waals surface area contributed by atoms with Gasteiger partial charge in [-0.05, 0) is 18.8 Å². The van der Waals surface area contributed by atoms with Crippen molar-refractivity contribution in [1.29, 1.82) is 5.41 Å². The summed E-state index contributed by atoms with van der Waals surface area (Å²) in [5.74, 6) is 5.84. The smallest absolute Gasteiger partial charge is 0.209 e. The monoisotopic (exact) mass is 140 g/mol. The van der Waals surface area contributed by atoms with Gasteiger partial charge in [0, 0.05) is 5.92 Å². The lowest BCUT2D eigenvalue weighted by molar-refractivity contribution is 0.225. The van der Waals surface area contributed by atoms with Gasteiger partial charge in [-0.15, -0.1) is 6.58 Å². The van der Waals surface area contributed by atoms with E-state index in [1.165, 1.54) is 0 Å². The van der Waals surface area contributed by atoms with E-state index in [9.17, 15) is 0 Å². The Hall–Kier alpha value is -0.830. The number of nitrogens with one attached hydrogen (secondary N) is 1. The van der Waals surface area contributed by atoms with Crippen LogP contribution in [0.3, 0.4) is 0 Å². The molecule has 0 spiro atoms. The van der Waals surface area contributed by atoms with Gasteiger partial charge in [-0.2, -0.15) is 5.90 Å². The Morgan fingerprint density at radius 1 is 1.70 bits per heavy atom. The summed E-state index contributed by atoms with van der Waals surface area (Å²) in [4.78, 5) is 4.30. The van der Waals surface area contributed by atoms with Crippen molar-refractivity contribution in [1.82, 2.24) is 0 Å². The molecule has 0 heterocycles. The zero-order valence-corrected chi connectivity index (χ0v) is 5.84. The van der Waals surface area contributed by atoms with Gasteiger partial charge in [-0.25, -0.2) is 0 Å². The molecule has 0 aromatic rings. The summed E-state index contributed by atoms with van der Waals surface area (Å²) in [7, 11) is 0. The molecule has 0 bridgehead atoms. The highest BCUT2D eigenvalue weighted by molar-refractivity contribution is 5.76. The average molecular weight is 140 g/mol. The highest BCUT2D eigenvalue weighted by Crippen LogP contribution is 2.34. The number of hydrogen-bond donors (Lipinski definition) is 2. The van der Waals surface area contributed by atoms with Crippen LogP contribution in [0.15, 0.2) is 12.7 Å². The third-order valence-electron chi connectivity index (χ3n) is 2.01. The predicted molar refractivity (Wildman–Crippen MR) is 39.4 cm³/mol. The number of allylic oxidation sites excluding steroid dienone is 1. The molecule has 1 fully saturated rings. The molecule has 0 atom stereocenters. The zero-order chi connectivity index (χ0) is 7.56. The molecule has 0 aromatic carbocycles. The van der Waals surface area contributed by atoms with Gasteiger partial charge in [0.05, 0.1) is 0 Å². The fourth-order valence-electron chi connectivity index (χ4n) is 1.16. The summed E-state index contributed by atoms with van der Waals surface area (Å²) in [5.41, 5.74) is 0. The van der Waals surface area contributed by atoms with E-state index in [1.807, 2.05) is 6.08 Å². The molecule has 1 saturated carbocycles. The van der Waals surface area contributed by atoms with Crippen LogP contribution >= 0.6 is 0 Å². The summed E-state index contributed by atoms with van der Waals surface area (Å²) in [5, 5.41) is 7.18. The number of rotatable bonds is 2. The summed E-state index contributed by atoms with van der Waals surface area (Å²) in [6, 6.07) is 0. The van der Waals surface area contributed by atoms with Gasteiger partial charge in [0.2, 0.25) is 5.90 Å². The lowest BCUT2D eigenvalue weighted by Gasteiger charge is -2.31. The van der Waals surface area contributed by atoms with Gasteiger partial charge < -0.3 is 4.84 Å². The number of hydrogen-bond acceptors (Lipinski definition) is 3. The summed E-state index contributed by atoms with van der Waals surface area (Å²) < 4.78 is 0. The zero-order valence-electron chi connectivity index (χ0n) is 5.84. The van der Waals surface area contributed by atoms with Crippen molar-refractivity contribution >= 4 is 5.90 Å². The highest BCUT2D eigenvalue weighted by Gasteiger charge is 2.31. The van der Waals surface area contributed by atoms with Crippen LogP contribution in [0.4, 0.5) is 0 Å². The van der Waals surface area contributed by atoms with Gasteiger partial charge in [0.25, 0.3) is 0 Å². The molecule has 0 aromatic heterocycles. The summed E-state index contributed by atoms with van der Waals surface area (Å²) in [6.45, 7) is 3.66. The Morgan fingerprint density at radius 3 is 2.70 bits per heavy atom. The first-order chi connectivity index (χ1) is 4.77. The maximum Gasteiger partial charge on any atom is 0.209 e. The normalized spacial score (nSPS) is 30.5. The Balaban J connectivity index is 2.25. The van der Waals surface area contributed by atoms with Crippen molar-refractivity contribution in [2.24, 2.45) is 17.7 Å². The molecule has 3 heteroatoms. The van der Waals surface area contributed by atoms with Crippen molar-refractivity contribution in [3.63, 3.8) is 0 Å². The minimum atomic E-state index is 0.207. The van der Waals surface area contributed by atoms with Gasteiger partial charge in [0.15, 0.2) is 0 Å². The molecule has 3 N–H and O–H groups in total. The third kappa shape index (κ3) is 1.19.